The second kappa shape index (κ2) is 4.02. The lowest BCUT2D eigenvalue weighted by Crippen LogP contribution is -2.12. The number of esters is 1. The monoisotopic (exact) mass is 206 g/mol. The number of rotatable bonds is 5. The van der Waals surface area contributed by atoms with Crippen LogP contribution in [-0.4, -0.2) is 24.3 Å². The molecule has 1 unspecified atom stereocenters. The summed E-state index contributed by atoms with van der Waals surface area (Å²) in [6, 6.07) is 0. The molecule has 0 aromatic rings. The number of carbonyl (C=O) groups is 2. The van der Waals surface area contributed by atoms with Crippen LogP contribution in [0.5, 0.6) is 0 Å². The lowest BCUT2D eigenvalue weighted by molar-refractivity contribution is -0.145. The minimum absolute atomic E-state index is 0.200. The van der Waals surface area contributed by atoms with Gasteiger partial charge in [-0.3, -0.25) is 9.59 Å². The van der Waals surface area contributed by atoms with Crippen molar-refractivity contribution in [1.82, 2.24) is 0 Å². The molecule has 80 valence electrons. The van der Waals surface area contributed by atoms with Crippen molar-refractivity contribution in [3.8, 4) is 0 Å². The smallest absolute Gasteiger partial charge is 0.313 e. The fraction of sp³-hybridized carbons (Fsp3) is 0.778. The van der Waals surface area contributed by atoms with Crippen LogP contribution in [0.25, 0.3) is 0 Å². The molecular weight excluding hydrogens is 194 g/mol. The van der Waals surface area contributed by atoms with Crippen molar-refractivity contribution in [3.63, 3.8) is 0 Å². The molecule has 0 aromatic carbocycles. The molecule has 14 heavy (non-hydrogen) atoms. The van der Waals surface area contributed by atoms with E-state index in [9.17, 15) is 18.4 Å². The second-order valence-electron chi connectivity index (χ2n) is 3.39. The highest BCUT2D eigenvalue weighted by atomic mass is 19.3. The summed E-state index contributed by atoms with van der Waals surface area (Å²) in [5, 5.41) is 0. The van der Waals surface area contributed by atoms with E-state index in [-0.39, 0.29) is 25.9 Å². The number of hydrogen-bond acceptors (Lipinski definition) is 3. The molecule has 0 aromatic heterocycles. The van der Waals surface area contributed by atoms with Gasteiger partial charge in [-0.05, 0) is 6.92 Å². The van der Waals surface area contributed by atoms with Crippen LogP contribution in [-0.2, 0) is 14.3 Å². The van der Waals surface area contributed by atoms with Crippen molar-refractivity contribution < 1.29 is 23.1 Å². The van der Waals surface area contributed by atoms with E-state index in [2.05, 4.69) is 4.74 Å². The van der Waals surface area contributed by atoms with E-state index < -0.39 is 23.6 Å². The molecule has 1 atom stereocenters. The van der Waals surface area contributed by atoms with Gasteiger partial charge in [0.2, 0.25) is 0 Å². The maximum absolute atomic E-state index is 12.4. The van der Waals surface area contributed by atoms with Gasteiger partial charge in [0.1, 0.15) is 12.2 Å². The molecule has 1 rings (SSSR count). The maximum Gasteiger partial charge on any atom is 0.313 e. The quantitative estimate of drug-likeness (QED) is 0.506. The molecule has 5 heteroatoms. The Morgan fingerprint density at radius 2 is 2.07 bits per heavy atom. The van der Waals surface area contributed by atoms with Crippen molar-refractivity contribution in [3.05, 3.63) is 0 Å². The standard InChI is InChI=1S/C9H12F2O3/c1-2-14-8(13)4-7(12)3-6-5-9(6,10)11/h6H,2-5H2,1H3. The second-order valence-corrected chi connectivity index (χ2v) is 3.39. The van der Waals surface area contributed by atoms with Gasteiger partial charge < -0.3 is 4.74 Å². The fourth-order valence-corrected chi connectivity index (χ4v) is 1.21. The Balaban J connectivity index is 2.20. The number of ether oxygens (including phenoxy) is 1. The summed E-state index contributed by atoms with van der Waals surface area (Å²) in [7, 11) is 0. The summed E-state index contributed by atoms with van der Waals surface area (Å²) in [4.78, 5) is 21.8. The van der Waals surface area contributed by atoms with Gasteiger partial charge in [-0.15, -0.1) is 0 Å². The van der Waals surface area contributed by atoms with Crippen LogP contribution < -0.4 is 0 Å². The third kappa shape index (κ3) is 3.05. The Morgan fingerprint density at radius 1 is 1.50 bits per heavy atom. The van der Waals surface area contributed by atoms with Gasteiger partial charge >= 0.3 is 5.97 Å². The maximum atomic E-state index is 12.4. The first-order chi connectivity index (χ1) is 6.45. The lowest BCUT2D eigenvalue weighted by atomic mass is 10.1. The SMILES string of the molecule is CCOC(=O)CC(=O)CC1CC1(F)F. The summed E-state index contributed by atoms with van der Waals surface area (Å²) >= 11 is 0. The Morgan fingerprint density at radius 3 is 2.50 bits per heavy atom. The predicted molar refractivity (Wildman–Crippen MR) is 43.9 cm³/mol. The van der Waals surface area contributed by atoms with E-state index in [1.54, 1.807) is 6.92 Å². The first kappa shape index (κ1) is 11.1. The van der Waals surface area contributed by atoms with E-state index in [1.807, 2.05) is 0 Å². The molecule has 0 N–H and O–H groups in total. The van der Waals surface area contributed by atoms with Crippen molar-refractivity contribution >= 4 is 11.8 Å². The van der Waals surface area contributed by atoms with Crippen LogP contribution in [0.4, 0.5) is 8.78 Å². The minimum atomic E-state index is -2.69. The zero-order valence-corrected chi connectivity index (χ0v) is 7.89. The average molecular weight is 206 g/mol. The van der Waals surface area contributed by atoms with Gasteiger partial charge in [0, 0.05) is 18.8 Å². The summed E-state index contributed by atoms with van der Waals surface area (Å²) in [6.45, 7) is 1.82. The van der Waals surface area contributed by atoms with Gasteiger partial charge in [-0.2, -0.15) is 0 Å². The van der Waals surface area contributed by atoms with Crippen LogP contribution in [0.1, 0.15) is 26.2 Å². The number of ketones is 1. The molecule has 0 aliphatic heterocycles. The third-order valence-electron chi connectivity index (χ3n) is 2.08. The van der Waals surface area contributed by atoms with Crippen LogP contribution in [0.3, 0.4) is 0 Å². The highest BCUT2D eigenvalue weighted by molar-refractivity contribution is 5.95. The van der Waals surface area contributed by atoms with Crippen molar-refractivity contribution in [2.75, 3.05) is 6.61 Å². The molecule has 1 saturated carbocycles. The van der Waals surface area contributed by atoms with Crippen LogP contribution in [0.15, 0.2) is 0 Å². The number of halogens is 2. The van der Waals surface area contributed by atoms with Crippen LogP contribution in [0.2, 0.25) is 0 Å². The van der Waals surface area contributed by atoms with E-state index >= 15 is 0 Å². The average Bonchev–Trinajstić information content (AvgIpc) is 2.57. The minimum Gasteiger partial charge on any atom is -0.466 e. The van der Waals surface area contributed by atoms with Gasteiger partial charge in [-0.25, -0.2) is 8.78 Å². The summed E-state index contributed by atoms with van der Waals surface area (Å²) in [5.74, 6) is -4.65. The largest absolute Gasteiger partial charge is 0.466 e. The van der Waals surface area contributed by atoms with E-state index in [4.69, 9.17) is 0 Å². The Hall–Kier alpha value is -1.00. The molecule has 1 fully saturated rings. The summed E-state index contributed by atoms with van der Waals surface area (Å²) < 4.78 is 29.3. The fourth-order valence-electron chi connectivity index (χ4n) is 1.21. The summed E-state index contributed by atoms with van der Waals surface area (Å²) in [6.07, 6.45) is -0.839. The van der Waals surface area contributed by atoms with Gasteiger partial charge in [0.15, 0.2) is 0 Å². The van der Waals surface area contributed by atoms with Crippen molar-refractivity contribution in [2.45, 2.75) is 32.1 Å². The topological polar surface area (TPSA) is 43.4 Å². The number of hydrogen-bond donors (Lipinski definition) is 0. The van der Waals surface area contributed by atoms with E-state index in [0.29, 0.717) is 0 Å². The van der Waals surface area contributed by atoms with Crippen molar-refractivity contribution in [1.29, 1.82) is 0 Å². The van der Waals surface area contributed by atoms with Gasteiger partial charge in [0.05, 0.1) is 6.61 Å². The zero-order chi connectivity index (χ0) is 10.8. The highest BCUT2D eigenvalue weighted by Gasteiger charge is 2.57. The predicted octanol–water partition coefficient (Wildman–Crippen LogP) is 1.55. The van der Waals surface area contributed by atoms with Crippen LogP contribution in [0, 0.1) is 5.92 Å². The van der Waals surface area contributed by atoms with Crippen molar-refractivity contribution in [2.24, 2.45) is 5.92 Å². The summed E-state index contributed by atoms with van der Waals surface area (Å²) in [5.41, 5.74) is 0. The molecule has 3 nitrogen and oxygen atoms in total. The molecular formula is C9H12F2O3. The molecule has 0 amide bonds. The number of Topliss-reactive ketones (excluding diaryl/α,β-unsaturated/α-hetero) is 1. The molecule has 1 aliphatic rings. The normalized spacial score (nSPS) is 22.9. The molecule has 0 saturated heterocycles. The highest BCUT2D eigenvalue weighted by Crippen LogP contribution is 2.50. The van der Waals surface area contributed by atoms with Gasteiger partial charge in [-0.1, -0.05) is 0 Å². The lowest BCUT2D eigenvalue weighted by Gasteiger charge is -2.00. The van der Waals surface area contributed by atoms with E-state index in [1.165, 1.54) is 0 Å². The zero-order valence-electron chi connectivity index (χ0n) is 7.89. The molecule has 0 radical (unpaired) electrons. The Bertz CT molecular complexity index is 250. The third-order valence-corrected chi connectivity index (χ3v) is 2.08. The Labute approximate surface area is 80.4 Å². The molecule has 0 bridgehead atoms. The van der Waals surface area contributed by atoms with E-state index in [0.717, 1.165) is 0 Å². The van der Waals surface area contributed by atoms with Crippen LogP contribution >= 0.6 is 0 Å². The van der Waals surface area contributed by atoms with Gasteiger partial charge in [0.25, 0.3) is 5.92 Å². The molecule has 0 spiro atoms. The molecule has 1 aliphatic carbocycles. The molecule has 0 heterocycles. The Kier molecular flexibility index (Phi) is 3.18. The first-order valence-corrected chi connectivity index (χ1v) is 4.51. The first-order valence-electron chi connectivity index (χ1n) is 4.51. The number of alkyl halides is 2. The number of carbonyl (C=O) groups excluding carboxylic acids is 2.